The Morgan fingerprint density at radius 1 is 1.10 bits per heavy atom. The molecule has 0 aliphatic heterocycles. The minimum atomic E-state index is 0.0377. The summed E-state index contributed by atoms with van der Waals surface area (Å²) in [5.41, 5.74) is 4.55. The number of fused-ring (bicyclic) bond motifs is 1. The van der Waals surface area contributed by atoms with Crippen LogP contribution in [0.15, 0.2) is 65.3 Å². The van der Waals surface area contributed by atoms with Crippen LogP contribution in [0.2, 0.25) is 0 Å². The number of thiazole rings is 1. The van der Waals surface area contributed by atoms with Crippen LogP contribution >= 0.6 is 23.1 Å². The Bertz CT molecular complexity index is 1100. The van der Waals surface area contributed by atoms with Gasteiger partial charge in [-0.05, 0) is 48.7 Å². The lowest BCUT2D eigenvalue weighted by Gasteiger charge is -2.18. The fourth-order valence-corrected chi connectivity index (χ4v) is 4.96. The van der Waals surface area contributed by atoms with Gasteiger partial charge in [0.05, 0.1) is 28.8 Å². The summed E-state index contributed by atoms with van der Waals surface area (Å²) in [5, 5.41) is 0.718. The van der Waals surface area contributed by atoms with Gasteiger partial charge in [0, 0.05) is 5.75 Å². The highest BCUT2D eigenvalue weighted by Gasteiger charge is 2.22. The second-order valence-electron chi connectivity index (χ2n) is 6.89. The second-order valence-corrected chi connectivity index (χ2v) is 8.88. The Kier molecular flexibility index (Phi) is 6.02. The van der Waals surface area contributed by atoms with E-state index in [0.29, 0.717) is 12.3 Å². The third kappa shape index (κ3) is 4.54. The van der Waals surface area contributed by atoms with Gasteiger partial charge in [-0.2, -0.15) is 0 Å². The fourth-order valence-electron chi connectivity index (χ4n) is 3.06. The number of rotatable bonds is 7. The zero-order chi connectivity index (χ0) is 20.2. The zero-order valence-corrected chi connectivity index (χ0v) is 18.1. The van der Waals surface area contributed by atoms with Crippen LogP contribution in [-0.4, -0.2) is 16.6 Å². The summed E-state index contributed by atoms with van der Waals surface area (Å²) in [4.78, 5) is 19.7. The molecule has 0 unspecified atom stereocenters. The van der Waals surface area contributed by atoms with E-state index >= 15 is 0 Å². The van der Waals surface area contributed by atoms with Crippen LogP contribution < -0.4 is 4.90 Å². The van der Waals surface area contributed by atoms with E-state index < -0.39 is 0 Å². The summed E-state index contributed by atoms with van der Waals surface area (Å²) < 4.78 is 6.60. The Morgan fingerprint density at radius 2 is 1.93 bits per heavy atom. The summed E-state index contributed by atoms with van der Waals surface area (Å²) in [6.45, 7) is 4.55. The molecule has 6 heteroatoms. The van der Waals surface area contributed by atoms with Gasteiger partial charge in [0.25, 0.3) is 0 Å². The summed E-state index contributed by atoms with van der Waals surface area (Å²) in [6, 6.07) is 18.1. The van der Waals surface area contributed by atoms with Crippen LogP contribution in [0, 0.1) is 13.8 Å². The predicted octanol–water partition coefficient (Wildman–Crippen LogP) is 5.97. The van der Waals surface area contributed by atoms with Gasteiger partial charge in [0.15, 0.2) is 5.13 Å². The van der Waals surface area contributed by atoms with Crippen molar-refractivity contribution in [2.45, 2.75) is 26.1 Å². The summed E-state index contributed by atoms with van der Waals surface area (Å²) >= 11 is 3.17. The maximum absolute atomic E-state index is 13.1. The van der Waals surface area contributed by atoms with E-state index in [-0.39, 0.29) is 5.91 Å². The van der Waals surface area contributed by atoms with Gasteiger partial charge in [-0.3, -0.25) is 9.69 Å². The first-order valence-electron chi connectivity index (χ1n) is 9.43. The number of thioether (sulfide) groups is 1. The summed E-state index contributed by atoms with van der Waals surface area (Å²) in [6.07, 6.45) is 1.63. The highest BCUT2D eigenvalue weighted by Crippen LogP contribution is 2.33. The molecule has 0 radical (unpaired) electrons. The van der Waals surface area contributed by atoms with Gasteiger partial charge in [0.1, 0.15) is 5.76 Å². The minimum absolute atomic E-state index is 0.0377. The number of anilines is 1. The van der Waals surface area contributed by atoms with Crippen LogP contribution in [0.3, 0.4) is 0 Å². The molecular weight excluding hydrogens is 400 g/mol. The lowest BCUT2D eigenvalue weighted by Crippen LogP contribution is -2.31. The number of furan rings is 1. The number of aromatic nitrogens is 1. The van der Waals surface area contributed by atoms with Crippen LogP contribution in [0.1, 0.15) is 22.5 Å². The van der Waals surface area contributed by atoms with Crippen molar-refractivity contribution < 1.29 is 9.21 Å². The monoisotopic (exact) mass is 422 g/mol. The molecule has 4 rings (SSSR count). The van der Waals surface area contributed by atoms with Crippen LogP contribution in [0.4, 0.5) is 5.13 Å². The normalized spacial score (nSPS) is 11.1. The fraction of sp³-hybridized carbons (Fsp3) is 0.217. The van der Waals surface area contributed by atoms with Crippen molar-refractivity contribution in [3.63, 3.8) is 0 Å². The van der Waals surface area contributed by atoms with Crippen molar-refractivity contribution >= 4 is 44.4 Å². The van der Waals surface area contributed by atoms with E-state index in [2.05, 4.69) is 38.1 Å². The second kappa shape index (κ2) is 8.84. The quantitative estimate of drug-likeness (QED) is 0.368. The molecule has 0 aliphatic carbocycles. The number of carbonyl (C=O) groups excluding carboxylic acids is 1. The van der Waals surface area contributed by atoms with Gasteiger partial charge >= 0.3 is 0 Å². The standard InChI is InChI=1S/C23H22N2O2S2/c1-16-10-11-20-22(17(16)2)24-23(29-20)25(13-19-9-6-12-27-19)21(26)15-28-14-18-7-4-3-5-8-18/h3-12H,13-15H2,1-2H3. The van der Waals surface area contributed by atoms with E-state index in [9.17, 15) is 4.79 Å². The van der Waals surface area contributed by atoms with E-state index in [1.165, 1.54) is 11.1 Å². The molecule has 0 saturated heterocycles. The molecule has 0 aliphatic rings. The maximum Gasteiger partial charge on any atom is 0.239 e. The molecular formula is C23H22N2O2S2. The number of hydrogen-bond acceptors (Lipinski definition) is 5. The van der Waals surface area contributed by atoms with Gasteiger partial charge in [-0.25, -0.2) is 4.98 Å². The number of amides is 1. The Morgan fingerprint density at radius 3 is 2.69 bits per heavy atom. The number of aryl methyl sites for hydroxylation is 2. The average Bonchev–Trinajstić information content (AvgIpc) is 3.39. The van der Waals surface area contributed by atoms with Crippen molar-refractivity contribution in [1.29, 1.82) is 0 Å². The lowest BCUT2D eigenvalue weighted by atomic mass is 10.1. The molecule has 2 aromatic carbocycles. The van der Waals surface area contributed by atoms with Crippen LogP contribution in [0.5, 0.6) is 0 Å². The lowest BCUT2D eigenvalue weighted by molar-refractivity contribution is -0.116. The Balaban J connectivity index is 1.56. The van der Waals surface area contributed by atoms with E-state index in [1.54, 1.807) is 34.3 Å². The molecule has 1 amide bonds. The molecule has 4 nitrogen and oxygen atoms in total. The number of carbonyl (C=O) groups is 1. The van der Waals surface area contributed by atoms with Crippen molar-refractivity contribution in [2.24, 2.45) is 0 Å². The van der Waals surface area contributed by atoms with Gasteiger partial charge < -0.3 is 4.42 Å². The summed E-state index contributed by atoms with van der Waals surface area (Å²) in [5.74, 6) is 1.98. The first-order valence-corrected chi connectivity index (χ1v) is 11.4. The number of nitrogens with zero attached hydrogens (tertiary/aromatic N) is 2. The molecule has 2 aromatic heterocycles. The highest BCUT2D eigenvalue weighted by atomic mass is 32.2. The van der Waals surface area contributed by atoms with Crippen molar-refractivity contribution in [2.75, 3.05) is 10.7 Å². The van der Waals surface area contributed by atoms with Crippen molar-refractivity contribution in [3.05, 3.63) is 83.3 Å². The van der Waals surface area contributed by atoms with Crippen molar-refractivity contribution in [1.82, 2.24) is 4.98 Å². The molecule has 4 aromatic rings. The molecule has 29 heavy (non-hydrogen) atoms. The van der Waals surface area contributed by atoms with Gasteiger partial charge in [-0.15, -0.1) is 11.8 Å². The smallest absolute Gasteiger partial charge is 0.239 e. The number of benzene rings is 2. The van der Waals surface area contributed by atoms with Crippen LogP contribution in [0.25, 0.3) is 10.2 Å². The SMILES string of the molecule is Cc1ccc2sc(N(Cc3ccco3)C(=O)CSCc3ccccc3)nc2c1C. The minimum Gasteiger partial charge on any atom is -0.467 e. The Hall–Kier alpha value is -2.57. The molecule has 0 bridgehead atoms. The molecule has 0 fully saturated rings. The van der Waals surface area contributed by atoms with Gasteiger partial charge in [-0.1, -0.05) is 47.7 Å². The molecule has 0 saturated carbocycles. The topological polar surface area (TPSA) is 46.3 Å². The first-order chi connectivity index (χ1) is 14.1. The molecule has 0 N–H and O–H groups in total. The van der Waals surface area contributed by atoms with E-state index in [4.69, 9.17) is 9.40 Å². The largest absolute Gasteiger partial charge is 0.467 e. The van der Waals surface area contributed by atoms with E-state index in [0.717, 1.165) is 32.4 Å². The molecule has 148 valence electrons. The average molecular weight is 423 g/mol. The molecule has 2 heterocycles. The van der Waals surface area contributed by atoms with Crippen LogP contribution in [-0.2, 0) is 17.1 Å². The predicted molar refractivity (Wildman–Crippen MR) is 122 cm³/mol. The Labute approximate surface area is 178 Å². The zero-order valence-electron chi connectivity index (χ0n) is 16.4. The molecule has 0 spiro atoms. The van der Waals surface area contributed by atoms with Gasteiger partial charge in [0.2, 0.25) is 5.91 Å². The summed E-state index contributed by atoms with van der Waals surface area (Å²) in [7, 11) is 0. The van der Waals surface area contributed by atoms with Crippen molar-refractivity contribution in [3.8, 4) is 0 Å². The third-order valence-electron chi connectivity index (χ3n) is 4.84. The number of hydrogen-bond donors (Lipinski definition) is 0. The highest BCUT2D eigenvalue weighted by molar-refractivity contribution is 7.99. The maximum atomic E-state index is 13.1. The first kappa shape index (κ1) is 19.7. The third-order valence-corrected chi connectivity index (χ3v) is 6.87. The molecule has 0 atom stereocenters. The van der Waals surface area contributed by atoms with E-state index in [1.807, 2.05) is 30.3 Å².